The number of nitrogens with zero attached hydrogens (tertiary/aromatic N) is 1. The van der Waals surface area contributed by atoms with Crippen LogP contribution in [-0.2, 0) is 4.79 Å². The van der Waals surface area contributed by atoms with Crippen molar-refractivity contribution < 1.29 is 19.1 Å². The Kier molecular flexibility index (Phi) is 5.29. The topological polar surface area (TPSA) is 75.7 Å². The number of halogens is 2. The molecule has 0 spiro atoms. The Hall–Kier alpha value is -2.38. The van der Waals surface area contributed by atoms with Gasteiger partial charge in [0, 0.05) is 5.02 Å². The van der Waals surface area contributed by atoms with Gasteiger partial charge in [0.2, 0.25) is 5.91 Å². The van der Waals surface area contributed by atoms with Gasteiger partial charge >= 0.3 is 0 Å². The molecule has 0 saturated carbocycles. The van der Waals surface area contributed by atoms with Gasteiger partial charge in [-0.2, -0.15) is 0 Å². The molecule has 8 heteroatoms. The van der Waals surface area contributed by atoms with E-state index in [2.05, 4.69) is 21.2 Å². The van der Waals surface area contributed by atoms with E-state index in [-0.39, 0.29) is 0 Å². The lowest BCUT2D eigenvalue weighted by Crippen LogP contribution is -2.37. The van der Waals surface area contributed by atoms with Crippen molar-refractivity contribution in [2.45, 2.75) is 6.92 Å². The van der Waals surface area contributed by atoms with Gasteiger partial charge in [-0.3, -0.25) is 19.3 Å². The van der Waals surface area contributed by atoms with Gasteiger partial charge < -0.3 is 10.1 Å². The molecule has 1 heterocycles. The van der Waals surface area contributed by atoms with Crippen LogP contribution in [-0.4, -0.2) is 35.8 Å². The first-order chi connectivity index (χ1) is 12.4. The average Bonchev–Trinajstić information content (AvgIpc) is 2.83. The summed E-state index contributed by atoms with van der Waals surface area (Å²) in [6.07, 6.45) is 0. The number of carbonyl (C=O) groups excluding carboxylic acids is 3. The maximum absolute atomic E-state index is 12.4. The molecule has 134 valence electrons. The largest absolute Gasteiger partial charge is 0.491 e. The average molecular weight is 438 g/mol. The lowest BCUT2D eigenvalue weighted by Gasteiger charge is -2.16. The van der Waals surface area contributed by atoms with Gasteiger partial charge in [0.15, 0.2) is 5.75 Å². The molecule has 0 saturated heterocycles. The van der Waals surface area contributed by atoms with Crippen molar-refractivity contribution in [1.82, 2.24) is 4.90 Å². The van der Waals surface area contributed by atoms with E-state index in [9.17, 15) is 14.4 Å². The van der Waals surface area contributed by atoms with Crippen LogP contribution < -0.4 is 10.1 Å². The van der Waals surface area contributed by atoms with E-state index in [1.807, 2.05) is 6.92 Å². The van der Waals surface area contributed by atoms with Crippen LogP contribution in [0.1, 0.15) is 27.6 Å². The number of ether oxygens (including phenoxy) is 1. The van der Waals surface area contributed by atoms with Gasteiger partial charge in [0.25, 0.3) is 11.8 Å². The summed E-state index contributed by atoms with van der Waals surface area (Å²) in [4.78, 5) is 38.0. The normalized spacial score (nSPS) is 13.0. The molecule has 6 nitrogen and oxygen atoms in total. The predicted octanol–water partition coefficient (Wildman–Crippen LogP) is 3.74. The van der Waals surface area contributed by atoms with E-state index < -0.39 is 24.3 Å². The summed E-state index contributed by atoms with van der Waals surface area (Å²) < 4.78 is 6.10. The second-order valence-electron chi connectivity index (χ2n) is 5.49. The zero-order valence-electron chi connectivity index (χ0n) is 13.7. The van der Waals surface area contributed by atoms with E-state index in [1.165, 1.54) is 6.07 Å². The van der Waals surface area contributed by atoms with Gasteiger partial charge in [0.05, 0.1) is 27.9 Å². The van der Waals surface area contributed by atoms with Crippen LogP contribution in [0.25, 0.3) is 0 Å². The van der Waals surface area contributed by atoms with Crippen molar-refractivity contribution in [3.63, 3.8) is 0 Å². The fourth-order valence-corrected chi connectivity index (χ4v) is 3.58. The van der Waals surface area contributed by atoms with Crippen molar-refractivity contribution in [3.05, 3.63) is 57.0 Å². The van der Waals surface area contributed by atoms with Crippen LogP contribution in [0.2, 0.25) is 5.02 Å². The second kappa shape index (κ2) is 7.47. The molecule has 3 rings (SSSR count). The fourth-order valence-electron chi connectivity index (χ4n) is 2.66. The Labute approximate surface area is 163 Å². The van der Waals surface area contributed by atoms with Crippen molar-refractivity contribution in [1.29, 1.82) is 0 Å². The highest BCUT2D eigenvalue weighted by atomic mass is 79.9. The van der Waals surface area contributed by atoms with Crippen LogP contribution in [0.5, 0.6) is 5.75 Å². The Balaban J connectivity index is 1.79. The van der Waals surface area contributed by atoms with E-state index >= 15 is 0 Å². The molecule has 0 aliphatic carbocycles. The minimum atomic E-state index is -0.533. The Morgan fingerprint density at radius 3 is 2.38 bits per heavy atom. The van der Waals surface area contributed by atoms with Gasteiger partial charge in [-0.05, 0) is 47.1 Å². The minimum Gasteiger partial charge on any atom is -0.491 e. The molecule has 1 N–H and O–H groups in total. The standard InChI is InChI=1S/C18H14BrClN2O4/c1-2-26-16-13(19)7-10(20)8-14(16)21-15(23)9-22-17(24)11-5-3-4-6-12(11)18(22)25/h3-8H,2,9H2,1H3,(H,21,23). The summed E-state index contributed by atoms with van der Waals surface area (Å²) in [5.74, 6) is -1.08. The Bertz CT molecular complexity index is 881. The number of imide groups is 1. The molecule has 1 aliphatic rings. The second-order valence-corrected chi connectivity index (χ2v) is 6.78. The number of fused-ring (bicyclic) bond motifs is 1. The van der Waals surface area contributed by atoms with Crippen molar-refractivity contribution >= 4 is 50.9 Å². The predicted molar refractivity (Wildman–Crippen MR) is 101 cm³/mol. The molecule has 0 radical (unpaired) electrons. The summed E-state index contributed by atoms with van der Waals surface area (Å²) >= 11 is 9.36. The van der Waals surface area contributed by atoms with Gasteiger partial charge in [-0.1, -0.05) is 23.7 Å². The number of hydrogen-bond acceptors (Lipinski definition) is 4. The summed E-state index contributed by atoms with van der Waals surface area (Å²) in [6, 6.07) is 9.66. The van der Waals surface area contributed by atoms with E-state index in [0.717, 1.165) is 4.90 Å². The lowest BCUT2D eigenvalue weighted by atomic mass is 10.1. The van der Waals surface area contributed by atoms with Crippen LogP contribution in [0, 0.1) is 0 Å². The van der Waals surface area contributed by atoms with Crippen LogP contribution in [0.3, 0.4) is 0 Å². The molecule has 0 fully saturated rings. The molecule has 0 unspecified atom stereocenters. The monoisotopic (exact) mass is 436 g/mol. The minimum absolute atomic E-state index is 0.297. The first-order valence-corrected chi connectivity index (χ1v) is 8.96. The van der Waals surface area contributed by atoms with Gasteiger partial charge in [-0.15, -0.1) is 0 Å². The van der Waals surface area contributed by atoms with E-state index in [4.69, 9.17) is 16.3 Å². The smallest absolute Gasteiger partial charge is 0.262 e. The molecule has 2 aromatic rings. The number of anilines is 1. The summed E-state index contributed by atoms with van der Waals surface area (Å²) in [6.45, 7) is 1.80. The fraction of sp³-hybridized carbons (Fsp3) is 0.167. The quantitative estimate of drug-likeness (QED) is 0.723. The van der Waals surface area contributed by atoms with Crippen molar-refractivity contribution in [2.24, 2.45) is 0 Å². The number of amides is 3. The molecule has 3 amide bonds. The molecule has 26 heavy (non-hydrogen) atoms. The molecule has 0 aromatic heterocycles. The highest BCUT2D eigenvalue weighted by Gasteiger charge is 2.36. The number of benzene rings is 2. The Morgan fingerprint density at radius 2 is 1.81 bits per heavy atom. The third-order valence-electron chi connectivity index (χ3n) is 3.75. The van der Waals surface area contributed by atoms with Gasteiger partial charge in [-0.25, -0.2) is 0 Å². The highest BCUT2D eigenvalue weighted by molar-refractivity contribution is 9.10. The summed E-state index contributed by atoms with van der Waals surface area (Å²) in [5, 5.41) is 3.05. The zero-order chi connectivity index (χ0) is 18.8. The van der Waals surface area contributed by atoms with E-state index in [0.29, 0.717) is 38.7 Å². The van der Waals surface area contributed by atoms with Crippen LogP contribution in [0.15, 0.2) is 40.9 Å². The SMILES string of the molecule is CCOc1c(Br)cc(Cl)cc1NC(=O)CN1C(=O)c2ccccc2C1=O. The number of nitrogens with one attached hydrogen (secondary N) is 1. The van der Waals surface area contributed by atoms with Crippen molar-refractivity contribution in [3.8, 4) is 5.75 Å². The Morgan fingerprint density at radius 1 is 1.19 bits per heavy atom. The zero-order valence-corrected chi connectivity index (χ0v) is 16.1. The van der Waals surface area contributed by atoms with Crippen molar-refractivity contribution in [2.75, 3.05) is 18.5 Å². The first kappa shape index (κ1) is 18.4. The van der Waals surface area contributed by atoms with E-state index in [1.54, 1.807) is 30.3 Å². The number of rotatable bonds is 5. The molecular weight excluding hydrogens is 424 g/mol. The summed E-state index contributed by atoms with van der Waals surface area (Å²) in [5.41, 5.74) is 0.949. The lowest BCUT2D eigenvalue weighted by molar-refractivity contribution is -0.116. The van der Waals surface area contributed by atoms with Crippen LogP contribution in [0.4, 0.5) is 5.69 Å². The van der Waals surface area contributed by atoms with Gasteiger partial charge in [0.1, 0.15) is 6.54 Å². The van der Waals surface area contributed by atoms with Crippen LogP contribution >= 0.6 is 27.5 Å². The molecule has 0 bridgehead atoms. The molecule has 1 aliphatic heterocycles. The summed E-state index contributed by atoms with van der Waals surface area (Å²) in [7, 11) is 0. The maximum Gasteiger partial charge on any atom is 0.262 e. The molecular formula is C18H14BrClN2O4. The maximum atomic E-state index is 12.4. The molecule has 0 atom stereocenters. The molecule has 2 aromatic carbocycles. The number of carbonyl (C=O) groups is 3. The third-order valence-corrected chi connectivity index (χ3v) is 4.56. The first-order valence-electron chi connectivity index (χ1n) is 7.79. The third kappa shape index (κ3) is 3.45. The highest BCUT2D eigenvalue weighted by Crippen LogP contribution is 2.36. The number of hydrogen-bond donors (Lipinski definition) is 1.